The number of thioether (sulfide) groups is 6. The molecule has 4 heterocycles. The molecule has 4 rings (SSSR count). The maximum Gasteiger partial charge on any atom is 0.147 e. The topological polar surface area (TPSA) is 50.1 Å². The van der Waals surface area contributed by atoms with Gasteiger partial charge in [-0.3, -0.25) is 0 Å². The van der Waals surface area contributed by atoms with Crippen LogP contribution in [-0.2, 0) is 18.9 Å². The second kappa shape index (κ2) is 12.1. The summed E-state index contributed by atoms with van der Waals surface area (Å²) in [5, 5.41) is 1.00. The third kappa shape index (κ3) is 8.19. The fourth-order valence-electron chi connectivity index (χ4n) is 3.08. The summed E-state index contributed by atoms with van der Waals surface area (Å²) in [5.74, 6) is 6.37. The van der Waals surface area contributed by atoms with Gasteiger partial charge in [-0.15, -0.1) is 97.6 Å². The van der Waals surface area contributed by atoms with Crippen LogP contribution in [-0.4, -0.2) is 86.5 Å². The van der Waals surface area contributed by atoms with Crippen molar-refractivity contribution in [2.24, 2.45) is 0 Å². The van der Waals surface area contributed by atoms with Crippen LogP contribution in [0.3, 0.4) is 0 Å². The van der Waals surface area contributed by atoms with Gasteiger partial charge in [0.1, 0.15) is 41.5 Å². The Balaban J connectivity index is 1.31. The molecule has 0 aliphatic carbocycles. The smallest absolute Gasteiger partial charge is 0.147 e. The van der Waals surface area contributed by atoms with Gasteiger partial charge in [0.15, 0.2) is 0 Å². The molecule has 4 saturated heterocycles. The average Bonchev–Trinajstić information content (AvgIpc) is 3.73. The van der Waals surface area contributed by atoms with Crippen molar-refractivity contribution in [1.82, 2.24) is 0 Å². The van der Waals surface area contributed by atoms with Gasteiger partial charge < -0.3 is 18.9 Å². The molecular formula is C20H34O4S10. The molecule has 4 aliphatic rings. The van der Waals surface area contributed by atoms with Crippen molar-refractivity contribution in [3.8, 4) is 0 Å². The normalized spacial score (nSPS) is 46.2. The second-order valence-corrected chi connectivity index (χ2v) is 19.5. The van der Waals surface area contributed by atoms with Crippen LogP contribution in [0.5, 0.6) is 0 Å². The number of rotatable bonds is 17. The van der Waals surface area contributed by atoms with Gasteiger partial charge >= 0.3 is 0 Å². The van der Waals surface area contributed by atoms with Crippen molar-refractivity contribution in [1.29, 1.82) is 0 Å². The highest BCUT2D eigenvalue weighted by atomic mass is 32.2. The standard InChI is InChI=1S/C20H34O4S10/c1-17(13(25)21-17)31-7-5-29-11(9-33-19(3)15(27)23-19)12(10-34-20(4)16(28)24-20)30-6-8-32-18(2)14(26)22-18/h11-16,25-28H,5-10H2,1-4H3. The van der Waals surface area contributed by atoms with Gasteiger partial charge in [0.2, 0.25) is 0 Å². The lowest BCUT2D eigenvalue weighted by Crippen LogP contribution is -2.29. The van der Waals surface area contributed by atoms with Crippen molar-refractivity contribution < 1.29 is 18.9 Å². The Labute approximate surface area is 251 Å². The first-order valence-electron chi connectivity index (χ1n) is 11.1. The highest BCUT2D eigenvalue weighted by Gasteiger charge is 2.53. The largest absolute Gasteiger partial charge is 0.343 e. The Bertz CT molecular complexity index is 667. The van der Waals surface area contributed by atoms with E-state index in [4.69, 9.17) is 18.9 Å². The first-order valence-corrected chi connectivity index (χ1v) is 19.2. The molecule has 0 N–H and O–H groups in total. The van der Waals surface area contributed by atoms with Crippen molar-refractivity contribution in [3.05, 3.63) is 0 Å². The zero-order chi connectivity index (χ0) is 24.8. The van der Waals surface area contributed by atoms with Crippen LogP contribution < -0.4 is 0 Å². The molecule has 4 aliphatic heterocycles. The van der Waals surface area contributed by atoms with Crippen molar-refractivity contribution in [2.75, 3.05) is 34.5 Å². The van der Waals surface area contributed by atoms with Gasteiger partial charge in [-0.05, 0) is 27.7 Å². The summed E-state index contributed by atoms with van der Waals surface area (Å²) in [4.78, 5) is -0.556. The predicted molar refractivity (Wildman–Crippen MR) is 171 cm³/mol. The molecule has 0 spiro atoms. The van der Waals surface area contributed by atoms with E-state index in [1.807, 2.05) is 47.0 Å². The molecule has 198 valence electrons. The van der Waals surface area contributed by atoms with Gasteiger partial charge in [-0.2, -0.15) is 23.5 Å². The van der Waals surface area contributed by atoms with Crippen LogP contribution in [0.4, 0.5) is 0 Å². The Hall–Kier alpha value is 3.34. The minimum atomic E-state index is -0.162. The lowest BCUT2D eigenvalue weighted by Gasteiger charge is -2.27. The third-order valence-corrected chi connectivity index (χ3v) is 18.4. The van der Waals surface area contributed by atoms with Gasteiger partial charge in [-0.1, -0.05) is 0 Å². The molecule has 10 unspecified atom stereocenters. The Kier molecular flexibility index (Phi) is 10.8. The number of epoxide rings is 4. The molecule has 0 radical (unpaired) electrons. The van der Waals surface area contributed by atoms with Crippen molar-refractivity contribution >= 4 is 121 Å². The maximum atomic E-state index is 5.74. The van der Waals surface area contributed by atoms with E-state index in [9.17, 15) is 0 Å². The molecule has 4 nitrogen and oxygen atoms in total. The molecule has 14 heteroatoms. The number of ether oxygens (including phenoxy) is 4. The predicted octanol–water partition coefficient (Wildman–Crippen LogP) is 6.13. The van der Waals surface area contributed by atoms with Crippen LogP contribution in [0.25, 0.3) is 0 Å². The zero-order valence-electron chi connectivity index (χ0n) is 19.6. The lowest BCUT2D eigenvalue weighted by molar-refractivity contribution is 0.394. The van der Waals surface area contributed by atoms with E-state index < -0.39 is 0 Å². The lowest BCUT2D eigenvalue weighted by atomic mass is 10.3. The summed E-state index contributed by atoms with van der Waals surface area (Å²) in [5.41, 5.74) is 0.194. The first-order chi connectivity index (χ1) is 15.9. The van der Waals surface area contributed by atoms with Crippen LogP contribution in [0.2, 0.25) is 0 Å². The number of hydrogen-bond acceptors (Lipinski definition) is 14. The number of hydrogen-bond donors (Lipinski definition) is 4. The molecule has 4 fully saturated rings. The Morgan fingerprint density at radius 2 is 0.794 bits per heavy atom. The molecule has 0 saturated carbocycles. The Morgan fingerprint density at radius 1 is 0.529 bits per heavy atom. The van der Waals surface area contributed by atoms with Gasteiger partial charge in [0, 0.05) is 45.0 Å². The molecule has 0 bridgehead atoms. The maximum absolute atomic E-state index is 5.74. The molecule has 0 aromatic heterocycles. The average molecular weight is 659 g/mol. The highest BCUT2D eigenvalue weighted by molar-refractivity contribution is 8.09. The minimum absolute atomic E-state index is 0.0343. The van der Waals surface area contributed by atoms with Crippen LogP contribution in [0.1, 0.15) is 27.7 Å². The van der Waals surface area contributed by atoms with Crippen LogP contribution in [0.15, 0.2) is 0 Å². The minimum Gasteiger partial charge on any atom is -0.343 e. The van der Waals surface area contributed by atoms with Gasteiger partial charge in [0.25, 0.3) is 0 Å². The quantitative estimate of drug-likeness (QED) is 0.0835. The molecule has 0 aromatic carbocycles. The summed E-state index contributed by atoms with van der Waals surface area (Å²) in [6.07, 6.45) is 0. The first kappa shape index (κ1) is 30.3. The molecule has 10 atom stereocenters. The Morgan fingerprint density at radius 3 is 1.06 bits per heavy atom. The van der Waals surface area contributed by atoms with E-state index in [1.54, 1.807) is 0 Å². The van der Waals surface area contributed by atoms with Crippen molar-refractivity contribution in [3.63, 3.8) is 0 Å². The van der Waals surface area contributed by atoms with E-state index in [2.05, 4.69) is 102 Å². The fraction of sp³-hybridized carbons (Fsp3) is 1.00. The van der Waals surface area contributed by atoms with E-state index in [0.29, 0.717) is 10.5 Å². The van der Waals surface area contributed by atoms with Gasteiger partial charge in [0.05, 0.1) is 0 Å². The SMILES string of the molecule is CC1(SCCSC(CSC2(C)OC2S)C(CSC2(C)OC2S)SCCSC2(C)OC2S)OC1S. The summed E-state index contributed by atoms with van der Waals surface area (Å²) in [7, 11) is 0. The molecule has 0 aromatic rings. The van der Waals surface area contributed by atoms with E-state index in [1.165, 1.54) is 0 Å². The highest BCUT2D eigenvalue weighted by Crippen LogP contribution is 2.53. The summed E-state index contributed by atoms with van der Waals surface area (Å²) in [6, 6.07) is 0. The van der Waals surface area contributed by atoms with E-state index in [-0.39, 0.29) is 41.5 Å². The summed E-state index contributed by atoms with van der Waals surface area (Å²) in [6.45, 7) is 8.55. The number of thiol groups is 4. The third-order valence-electron chi connectivity index (χ3n) is 6.04. The molecule has 0 amide bonds. The van der Waals surface area contributed by atoms with Gasteiger partial charge in [-0.25, -0.2) is 0 Å². The summed E-state index contributed by atoms with van der Waals surface area (Å²) >= 11 is 29.6. The summed E-state index contributed by atoms with van der Waals surface area (Å²) < 4.78 is 22.7. The second-order valence-electron chi connectivity index (χ2n) is 9.08. The molecular weight excluding hydrogens is 625 g/mol. The van der Waals surface area contributed by atoms with E-state index in [0.717, 1.165) is 34.5 Å². The van der Waals surface area contributed by atoms with Crippen LogP contribution in [0, 0.1) is 0 Å². The fourth-order valence-corrected chi connectivity index (χ4v) is 13.2. The van der Waals surface area contributed by atoms with Crippen LogP contribution >= 0.6 is 121 Å². The van der Waals surface area contributed by atoms with E-state index >= 15 is 0 Å². The zero-order valence-corrected chi connectivity index (χ0v) is 28.1. The monoisotopic (exact) mass is 658 g/mol. The van der Waals surface area contributed by atoms with Crippen molar-refractivity contribution in [2.45, 2.75) is 79.7 Å². The molecule has 34 heavy (non-hydrogen) atoms.